The normalized spacial score (nSPS) is 12.3. The Labute approximate surface area is 135 Å². The molecule has 0 amide bonds. The summed E-state index contributed by atoms with van der Waals surface area (Å²) in [5.74, 6) is 0.646. The van der Waals surface area contributed by atoms with Crippen LogP contribution in [0.4, 0.5) is 0 Å². The molecule has 0 saturated heterocycles. The minimum atomic E-state index is -0.0549. The number of hydrogen-bond acceptors (Lipinski definition) is 1. The summed E-state index contributed by atoms with van der Waals surface area (Å²) in [4.78, 5) is -0.0549. The fourth-order valence-corrected chi connectivity index (χ4v) is 3.33. The molecule has 0 spiro atoms. The van der Waals surface area contributed by atoms with Crippen molar-refractivity contribution in [2.45, 2.75) is 4.83 Å². The van der Waals surface area contributed by atoms with E-state index in [1.165, 1.54) is 0 Å². The maximum absolute atomic E-state index is 6.20. The first kappa shape index (κ1) is 15.0. The zero-order valence-corrected chi connectivity index (χ0v) is 13.8. The fourth-order valence-electron chi connectivity index (χ4n) is 1.73. The standard InChI is InChI=1S/C14H10BrCl3O/c1-19-13-5-2-8(6-12(13)18)14(15)10-4-3-9(16)7-11(10)17/h2-7,14H,1H3. The second-order valence-corrected chi connectivity index (χ2v) is 6.09. The highest BCUT2D eigenvalue weighted by Crippen LogP contribution is 2.38. The van der Waals surface area contributed by atoms with Crippen molar-refractivity contribution in [3.05, 3.63) is 62.6 Å². The van der Waals surface area contributed by atoms with Gasteiger partial charge < -0.3 is 4.74 Å². The second kappa shape index (κ2) is 6.36. The van der Waals surface area contributed by atoms with E-state index in [1.54, 1.807) is 13.2 Å². The smallest absolute Gasteiger partial charge is 0.137 e. The van der Waals surface area contributed by atoms with Crippen LogP contribution in [0.2, 0.25) is 15.1 Å². The summed E-state index contributed by atoms with van der Waals surface area (Å²) in [6.07, 6.45) is 0. The highest BCUT2D eigenvalue weighted by molar-refractivity contribution is 9.09. The first-order chi connectivity index (χ1) is 9.02. The van der Waals surface area contributed by atoms with Crippen LogP contribution in [0.25, 0.3) is 0 Å². The van der Waals surface area contributed by atoms with E-state index in [1.807, 2.05) is 30.3 Å². The zero-order chi connectivity index (χ0) is 14.0. The van der Waals surface area contributed by atoms with Gasteiger partial charge in [-0.25, -0.2) is 0 Å². The molecule has 0 aromatic heterocycles. The Morgan fingerprint density at radius 2 is 1.74 bits per heavy atom. The number of rotatable bonds is 3. The lowest BCUT2D eigenvalue weighted by Gasteiger charge is -2.14. The molecule has 0 aliphatic heterocycles. The summed E-state index contributed by atoms with van der Waals surface area (Å²) in [6, 6.07) is 11.0. The highest BCUT2D eigenvalue weighted by Gasteiger charge is 2.15. The van der Waals surface area contributed by atoms with Crippen LogP contribution in [-0.2, 0) is 0 Å². The summed E-state index contributed by atoms with van der Waals surface area (Å²) in [5, 5.41) is 1.79. The fraction of sp³-hybridized carbons (Fsp3) is 0.143. The van der Waals surface area contributed by atoms with Gasteiger partial charge in [0.25, 0.3) is 0 Å². The molecule has 0 bridgehead atoms. The minimum absolute atomic E-state index is 0.0549. The average molecular weight is 380 g/mol. The van der Waals surface area contributed by atoms with E-state index < -0.39 is 0 Å². The van der Waals surface area contributed by atoms with Gasteiger partial charge in [-0.2, -0.15) is 0 Å². The van der Waals surface area contributed by atoms with Gasteiger partial charge in [0, 0.05) is 10.0 Å². The van der Waals surface area contributed by atoms with Crippen LogP contribution in [-0.4, -0.2) is 7.11 Å². The summed E-state index contributed by atoms with van der Waals surface area (Å²) >= 11 is 21.8. The van der Waals surface area contributed by atoms with Crippen LogP contribution >= 0.6 is 50.7 Å². The first-order valence-corrected chi connectivity index (χ1v) is 7.50. The van der Waals surface area contributed by atoms with E-state index in [0.29, 0.717) is 20.8 Å². The molecule has 1 unspecified atom stereocenters. The molecule has 0 heterocycles. The van der Waals surface area contributed by atoms with Gasteiger partial charge in [-0.3, -0.25) is 0 Å². The Morgan fingerprint density at radius 1 is 1.00 bits per heavy atom. The summed E-state index contributed by atoms with van der Waals surface area (Å²) in [5.41, 5.74) is 1.93. The van der Waals surface area contributed by atoms with Crippen molar-refractivity contribution in [2.75, 3.05) is 7.11 Å². The molecule has 0 N–H and O–H groups in total. The van der Waals surface area contributed by atoms with Crippen LogP contribution in [0.3, 0.4) is 0 Å². The van der Waals surface area contributed by atoms with E-state index >= 15 is 0 Å². The van der Waals surface area contributed by atoms with Crippen LogP contribution in [0, 0.1) is 0 Å². The van der Waals surface area contributed by atoms with Gasteiger partial charge in [0.15, 0.2) is 0 Å². The predicted molar refractivity (Wildman–Crippen MR) is 85.2 cm³/mol. The minimum Gasteiger partial charge on any atom is -0.495 e. The summed E-state index contributed by atoms with van der Waals surface area (Å²) < 4.78 is 5.13. The van der Waals surface area contributed by atoms with Gasteiger partial charge in [-0.15, -0.1) is 0 Å². The first-order valence-electron chi connectivity index (χ1n) is 5.45. The molecule has 2 aromatic carbocycles. The van der Waals surface area contributed by atoms with Crippen LogP contribution in [0.15, 0.2) is 36.4 Å². The van der Waals surface area contributed by atoms with Gasteiger partial charge in [0.2, 0.25) is 0 Å². The molecular weight excluding hydrogens is 370 g/mol. The molecule has 1 atom stereocenters. The number of halogens is 4. The average Bonchev–Trinajstić information content (AvgIpc) is 2.38. The Balaban J connectivity index is 2.38. The Bertz CT molecular complexity index is 601. The molecule has 0 aliphatic carbocycles. The van der Waals surface area contributed by atoms with Crippen LogP contribution in [0.1, 0.15) is 16.0 Å². The Morgan fingerprint density at radius 3 is 2.32 bits per heavy atom. The highest BCUT2D eigenvalue weighted by atomic mass is 79.9. The maximum atomic E-state index is 6.20. The lowest BCUT2D eigenvalue weighted by atomic mass is 10.0. The molecule has 2 rings (SSSR count). The van der Waals surface area contributed by atoms with E-state index in [4.69, 9.17) is 39.5 Å². The molecule has 100 valence electrons. The Hall–Kier alpha value is -0.410. The van der Waals surface area contributed by atoms with E-state index in [0.717, 1.165) is 11.1 Å². The van der Waals surface area contributed by atoms with Crippen molar-refractivity contribution >= 4 is 50.7 Å². The van der Waals surface area contributed by atoms with Crippen molar-refractivity contribution in [3.8, 4) is 5.75 Å². The third kappa shape index (κ3) is 3.38. The zero-order valence-electron chi connectivity index (χ0n) is 9.96. The quantitative estimate of drug-likeness (QED) is 0.581. The third-order valence-corrected chi connectivity index (χ3v) is 4.58. The largest absolute Gasteiger partial charge is 0.495 e. The summed E-state index contributed by atoms with van der Waals surface area (Å²) in [6.45, 7) is 0. The monoisotopic (exact) mass is 378 g/mol. The lowest BCUT2D eigenvalue weighted by molar-refractivity contribution is 0.415. The van der Waals surface area contributed by atoms with Gasteiger partial charge in [0.05, 0.1) is 17.0 Å². The van der Waals surface area contributed by atoms with Crippen molar-refractivity contribution in [1.82, 2.24) is 0 Å². The molecule has 0 aliphatic rings. The van der Waals surface area contributed by atoms with Crippen LogP contribution in [0.5, 0.6) is 5.75 Å². The number of benzene rings is 2. The molecule has 2 aromatic rings. The second-order valence-electron chi connectivity index (χ2n) is 3.92. The number of hydrogen-bond donors (Lipinski definition) is 0. The van der Waals surface area contributed by atoms with Crippen molar-refractivity contribution in [3.63, 3.8) is 0 Å². The van der Waals surface area contributed by atoms with Crippen molar-refractivity contribution in [1.29, 1.82) is 0 Å². The molecule has 0 fully saturated rings. The van der Waals surface area contributed by atoms with Gasteiger partial charge >= 0.3 is 0 Å². The SMILES string of the molecule is COc1ccc(C(Br)c2ccc(Cl)cc2Cl)cc1Cl. The molecule has 0 radical (unpaired) electrons. The third-order valence-electron chi connectivity index (χ3n) is 2.70. The van der Waals surface area contributed by atoms with E-state index in [2.05, 4.69) is 15.9 Å². The molecule has 1 nitrogen and oxygen atoms in total. The summed E-state index contributed by atoms with van der Waals surface area (Å²) in [7, 11) is 1.59. The van der Waals surface area contributed by atoms with Gasteiger partial charge in [-0.05, 0) is 35.4 Å². The van der Waals surface area contributed by atoms with Gasteiger partial charge in [-0.1, -0.05) is 62.9 Å². The van der Waals surface area contributed by atoms with E-state index in [-0.39, 0.29) is 4.83 Å². The molecule has 19 heavy (non-hydrogen) atoms. The van der Waals surface area contributed by atoms with Gasteiger partial charge in [0.1, 0.15) is 5.75 Å². The topological polar surface area (TPSA) is 9.23 Å². The van der Waals surface area contributed by atoms with Crippen LogP contribution < -0.4 is 4.74 Å². The lowest BCUT2D eigenvalue weighted by Crippen LogP contribution is -1.95. The molecule has 5 heteroatoms. The maximum Gasteiger partial charge on any atom is 0.137 e. The predicted octanol–water partition coefficient (Wildman–Crippen LogP) is 6.14. The molecule has 0 saturated carbocycles. The van der Waals surface area contributed by atoms with Crippen molar-refractivity contribution in [2.24, 2.45) is 0 Å². The molecular formula is C14H10BrCl3O. The number of ether oxygens (including phenoxy) is 1. The van der Waals surface area contributed by atoms with Crippen molar-refractivity contribution < 1.29 is 4.74 Å². The Kier molecular flexibility index (Phi) is 5.02. The van der Waals surface area contributed by atoms with E-state index in [9.17, 15) is 0 Å². The number of alkyl halides is 1. The number of methoxy groups -OCH3 is 1.